The van der Waals surface area contributed by atoms with Crippen molar-refractivity contribution in [2.75, 3.05) is 29.2 Å². The number of para-hydroxylation sites is 1. The van der Waals surface area contributed by atoms with Crippen LogP contribution in [0.25, 0.3) is 0 Å². The van der Waals surface area contributed by atoms with Crippen LogP contribution in [0, 0.1) is 0 Å². The topological polar surface area (TPSA) is 70.7 Å². The molecule has 2 amide bonds. The number of anilines is 3. The first-order valence-electron chi connectivity index (χ1n) is 8.54. The summed E-state index contributed by atoms with van der Waals surface area (Å²) in [6, 6.07) is 14.3. The molecule has 0 radical (unpaired) electrons. The Hall–Kier alpha value is -3.02. The van der Waals surface area contributed by atoms with Gasteiger partial charge in [0.1, 0.15) is 11.8 Å². The van der Waals surface area contributed by atoms with E-state index in [1.165, 1.54) is 6.92 Å². The van der Waals surface area contributed by atoms with E-state index in [0.717, 1.165) is 5.69 Å². The second-order valence-corrected chi connectivity index (χ2v) is 5.88. The Labute approximate surface area is 154 Å². The number of hydrogen-bond donors (Lipinski definition) is 2. The smallest absolute Gasteiger partial charge is 0.249 e. The molecule has 0 aliphatic rings. The molecule has 1 unspecified atom stereocenters. The average molecular weight is 355 g/mol. The Kier molecular flexibility index (Phi) is 6.60. The first kappa shape index (κ1) is 19.3. The molecule has 6 nitrogen and oxygen atoms in total. The molecule has 2 rings (SSSR count). The van der Waals surface area contributed by atoms with Crippen LogP contribution in [0.15, 0.2) is 48.5 Å². The standard InChI is InChI=1S/C20H25N3O3/c1-5-23(17-9-7-6-8-10-17)20(25)14(2)21-18-13-16(22-15(3)24)11-12-19(18)26-4/h6-14,21H,5H2,1-4H3,(H,22,24). The number of ether oxygens (including phenoxy) is 1. The third-order valence-electron chi connectivity index (χ3n) is 3.91. The van der Waals surface area contributed by atoms with Crippen LogP contribution in [0.3, 0.4) is 0 Å². The van der Waals surface area contributed by atoms with Crippen molar-refractivity contribution in [1.82, 2.24) is 0 Å². The maximum Gasteiger partial charge on any atom is 0.249 e. The molecule has 0 saturated heterocycles. The number of amides is 2. The fraction of sp³-hybridized carbons (Fsp3) is 0.300. The van der Waals surface area contributed by atoms with E-state index in [1.54, 1.807) is 37.1 Å². The molecule has 1 atom stereocenters. The maximum absolute atomic E-state index is 12.9. The molecule has 6 heteroatoms. The van der Waals surface area contributed by atoms with Gasteiger partial charge in [-0.2, -0.15) is 0 Å². The van der Waals surface area contributed by atoms with E-state index in [0.29, 0.717) is 23.7 Å². The minimum absolute atomic E-state index is 0.0503. The van der Waals surface area contributed by atoms with Crippen LogP contribution in [-0.2, 0) is 9.59 Å². The van der Waals surface area contributed by atoms with Crippen molar-refractivity contribution >= 4 is 28.9 Å². The molecule has 0 heterocycles. The quantitative estimate of drug-likeness (QED) is 0.797. The molecule has 0 aromatic heterocycles. The summed E-state index contributed by atoms with van der Waals surface area (Å²) in [5, 5.41) is 5.92. The van der Waals surface area contributed by atoms with Crippen LogP contribution < -0.4 is 20.3 Å². The van der Waals surface area contributed by atoms with Gasteiger partial charge in [-0.25, -0.2) is 0 Å². The zero-order valence-electron chi connectivity index (χ0n) is 15.6. The number of benzene rings is 2. The highest BCUT2D eigenvalue weighted by atomic mass is 16.5. The lowest BCUT2D eigenvalue weighted by molar-refractivity contribution is -0.119. The van der Waals surface area contributed by atoms with Crippen LogP contribution in [0.1, 0.15) is 20.8 Å². The molecule has 26 heavy (non-hydrogen) atoms. The number of methoxy groups -OCH3 is 1. The monoisotopic (exact) mass is 355 g/mol. The van der Waals surface area contributed by atoms with Crippen LogP contribution >= 0.6 is 0 Å². The molecule has 0 saturated carbocycles. The fourth-order valence-electron chi connectivity index (χ4n) is 2.70. The van der Waals surface area contributed by atoms with E-state index in [1.807, 2.05) is 37.3 Å². The minimum atomic E-state index is -0.475. The zero-order chi connectivity index (χ0) is 19.1. The summed E-state index contributed by atoms with van der Waals surface area (Å²) >= 11 is 0. The first-order valence-corrected chi connectivity index (χ1v) is 8.54. The maximum atomic E-state index is 12.9. The number of nitrogens with one attached hydrogen (secondary N) is 2. The van der Waals surface area contributed by atoms with Crippen molar-refractivity contribution in [2.24, 2.45) is 0 Å². The minimum Gasteiger partial charge on any atom is -0.495 e. The summed E-state index contributed by atoms with van der Waals surface area (Å²) in [6.07, 6.45) is 0. The van der Waals surface area contributed by atoms with Gasteiger partial charge in [0, 0.05) is 24.8 Å². The van der Waals surface area contributed by atoms with Gasteiger partial charge in [0.05, 0.1) is 12.8 Å². The van der Waals surface area contributed by atoms with Gasteiger partial charge in [0.15, 0.2) is 0 Å². The van der Waals surface area contributed by atoms with E-state index in [9.17, 15) is 9.59 Å². The van der Waals surface area contributed by atoms with Crippen LogP contribution in [0.5, 0.6) is 5.75 Å². The second kappa shape index (κ2) is 8.89. The van der Waals surface area contributed by atoms with Crippen LogP contribution in [0.2, 0.25) is 0 Å². The Morgan fingerprint density at radius 1 is 1.15 bits per heavy atom. The Morgan fingerprint density at radius 3 is 2.42 bits per heavy atom. The first-order chi connectivity index (χ1) is 12.5. The van der Waals surface area contributed by atoms with Gasteiger partial charge < -0.3 is 20.3 Å². The molecular weight excluding hydrogens is 330 g/mol. The number of carbonyl (C=O) groups excluding carboxylic acids is 2. The third-order valence-corrected chi connectivity index (χ3v) is 3.91. The van der Waals surface area contributed by atoms with Crippen LogP contribution in [0.4, 0.5) is 17.1 Å². The Bertz CT molecular complexity index is 762. The number of likely N-dealkylation sites (N-methyl/N-ethyl adjacent to an activating group) is 1. The number of hydrogen-bond acceptors (Lipinski definition) is 4. The summed E-state index contributed by atoms with van der Waals surface area (Å²) in [5.41, 5.74) is 2.13. The van der Waals surface area contributed by atoms with Gasteiger partial charge in [-0.15, -0.1) is 0 Å². The van der Waals surface area contributed by atoms with Gasteiger partial charge >= 0.3 is 0 Å². The summed E-state index contributed by atoms with van der Waals surface area (Å²) in [6.45, 7) is 5.76. The van der Waals surface area contributed by atoms with E-state index in [4.69, 9.17) is 4.74 Å². The second-order valence-electron chi connectivity index (χ2n) is 5.88. The average Bonchev–Trinajstić information content (AvgIpc) is 2.63. The lowest BCUT2D eigenvalue weighted by atomic mass is 10.2. The van der Waals surface area contributed by atoms with Crippen molar-refractivity contribution in [3.8, 4) is 5.75 Å². The highest BCUT2D eigenvalue weighted by Crippen LogP contribution is 2.29. The molecule has 2 N–H and O–H groups in total. The molecular formula is C20H25N3O3. The van der Waals surface area contributed by atoms with E-state index in [2.05, 4.69) is 10.6 Å². The van der Waals surface area contributed by atoms with E-state index in [-0.39, 0.29) is 11.8 Å². The summed E-state index contributed by atoms with van der Waals surface area (Å²) < 4.78 is 5.36. The molecule has 0 aliphatic carbocycles. The molecule has 0 bridgehead atoms. The predicted molar refractivity (Wildman–Crippen MR) is 105 cm³/mol. The molecule has 0 aliphatic heterocycles. The van der Waals surface area contributed by atoms with Gasteiger partial charge in [0.2, 0.25) is 11.8 Å². The molecule has 2 aromatic rings. The Balaban J connectivity index is 2.20. The van der Waals surface area contributed by atoms with Gasteiger partial charge in [-0.3, -0.25) is 9.59 Å². The fourth-order valence-corrected chi connectivity index (χ4v) is 2.70. The van der Waals surface area contributed by atoms with Crippen molar-refractivity contribution in [1.29, 1.82) is 0 Å². The van der Waals surface area contributed by atoms with Crippen molar-refractivity contribution in [3.63, 3.8) is 0 Å². The molecule has 2 aromatic carbocycles. The number of nitrogens with zero attached hydrogens (tertiary/aromatic N) is 1. The van der Waals surface area contributed by atoms with Crippen molar-refractivity contribution < 1.29 is 14.3 Å². The summed E-state index contributed by atoms with van der Waals surface area (Å²) in [4.78, 5) is 25.9. The predicted octanol–water partition coefficient (Wildman–Crippen LogP) is 3.51. The van der Waals surface area contributed by atoms with Gasteiger partial charge in [0.25, 0.3) is 0 Å². The van der Waals surface area contributed by atoms with Crippen LogP contribution in [-0.4, -0.2) is 31.5 Å². The lowest BCUT2D eigenvalue weighted by Gasteiger charge is -2.26. The third kappa shape index (κ3) is 4.75. The zero-order valence-corrected chi connectivity index (χ0v) is 15.6. The largest absolute Gasteiger partial charge is 0.495 e. The van der Waals surface area contributed by atoms with E-state index < -0.39 is 6.04 Å². The highest BCUT2D eigenvalue weighted by molar-refractivity contribution is 5.98. The number of carbonyl (C=O) groups is 2. The lowest BCUT2D eigenvalue weighted by Crippen LogP contribution is -2.41. The SMILES string of the molecule is CCN(C(=O)C(C)Nc1cc(NC(C)=O)ccc1OC)c1ccccc1. The molecule has 0 fully saturated rings. The van der Waals surface area contributed by atoms with E-state index >= 15 is 0 Å². The Morgan fingerprint density at radius 2 is 1.85 bits per heavy atom. The highest BCUT2D eigenvalue weighted by Gasteiger charge is 2.21. The molecule has 138 valence electrons. The summed E-state index contributed by atoms with van der Waals surface area (Å²) in [5.74, 6) is 0.388. The van der Waals surface area contributed by atoms with Gasteiger partial charge in [-0.05, 0) is 44.2 Å². The van der Waals surface area contributed by atoms with Crippen molar-refractivity contribution in [2.45, 2.75) is 26.8 Å². The summed E-state index contributed by atoms with van der Waals surface area (Å²) in [7, 11) is 1.56. The van der Waals surface area contributed by atoms with Crippen molar-refractivity contribution in [3.05, 3.63) is 48.5 Å². The molecule has 0 spiro atoms. The normalized spacial score (nSPS) is 11.4. The number of rotatable bonds is 7. The van der Waals surface area contributed by atoms with Gasteiger partial charge in [-0.1, -0.05) is 18.2 Å².